The summed E-state index contributed by atoms with van der Waals surface area (Å²) >= 11 is 0. The minimum atomic E-state index is -0.140. The van der Waals surface area contributed by atoms with Crippen molar-refractivity contribution in [2.75, 3.05) is 25.4 Å². The van der Waals surface area contributed by atoms with Crippen LogP contribution in [0.2, 0.25) is 0 Å². The topological polar surface area (TPSA) is 75.4 Å². The number of hydrogen-bond acceptors (Lipinski definition) is 3. The summed E-state index contributed by atoms with van der Waals surface area (Å²) in [6.45, 7) is 4.86. The highest BCUT2D eigenvalue weighted by Gasteiger charge is 2.16. The van der Waals surface area contributed by atoms with E-state index < -0.39 is 0 Å². The number of para-hydroxylation sites is 1. The van der Waals surface area contributed by atoms with Crippen molar-refractivity contribution >= 4 is 17.5 Å². The minimum absolute atomic E-state index is 0.0911. The van der Waals surface area contributed by atoms with Crippen molar-refractivity contribution in [3.63, 3.8) is 0 Å². The lowest BCUT2D eigenvalue weighted by Gasteiger charge is -2.20. The van der Waals surface area contributed by atoms with Gasteiger partial charge in [-0.2, -0.15) is 0 Å². The van der Waals surface area contributed by atoms with E-state index in [4.69, 9.17) is 5.73 Å². The lowest BCUT2D eigenvalue weighted by atomic mass is 10.1. The van der Waals surface area contributed by atoms with Gasteiger partial charge < -0.3 is 16.0 Å². The molecule has 0 aliphatic rings. The molecule has 0 radical (unpaired) electrons. The number of nitrogens with one attached hydrogen (secondary N) is 1. The number of rotatable bonds is 6. The van der Waals surface area contributed by atoms with E-state index in [2.05, 4.69) is 5.32 Å². The van der Waals surface area contributed by atoms with Gasteiger partial charge in [0.05, 0.1) is 13.0 Å². The van der Waals surface area contributed by atoms with Gasteiger partial charge in [-0.25, -0.2) is 0 Å². The second-order valence-corrected chi connectivity index (χ2v) is 4.24. The molecule has 0 aliphatic heterocycles. The molecule has 0 spiro atoms. The second-order valence-electron chi connectivity index (χ2n) is 4.24. The number of hydrogen-bond donors (Lipinski definition) is 2. The van der Waals surface area contributed by atoms with Gasteiger partial charge in [-0.05, 0) is 25.5 Å². The van der Waals surface area contributed by atoms with Gasteiger partial charge in [0.1, 0.15) is 0 Å². The highest BCUT2D eigenvalue weighted by Crippen LogP contribution is 2.12. The van der Waals surface area contributed by atoms with Crippen LogP contribution in [-0.2, 0) is 16.0 Å². The molecular formula is C14H21N3O2. The summed E-state index contributed by atoms with van der Waals surface area (Å²) in [6, 6.07) is 7.27. The maximum absolute atomic E-state index is 12.1. The van der Waals surface area contributed by atoms with Gasteiger partial charge in [0.15, 0.2) is 0 Å². The molecule has 0 aliphatic carbocycles. The van der Waals surface area contributed by atoms with Crippen LogP contribution < -0.4 is 11.1 Å². The van der Waals surface area contributed by atoms with Gasteiger partial charge in [-0.15, -0.1) is 0 Å². The molecule has 104 valence electrons. The third kappa shape index (κ3) is 4.62. The second kappa shape index (κ2) is 7.41. The monoisotopic (exact) mass is 263 g/mol. The van der Waals surface area contributed by atoms with Gasteiger partial charge in [-0.3, -0.25) is 9.59 Å². The van der Waals surface area contributed by atoms with Crippen LogP contribution >= 0.6 is 0 Å². The van der Waals surface area contributed by atoms with E-state index in [0.717, 1.165) is 5.56 Å². The van der Waals surface area contributed by atoms with Crippen LogP contribution in [0.4, 0.5) is 5.69 Å². The van der Waals surface area contributed by atoms with Crippen molar-refractivity contribution in [2.45, 2.75) is 20.3 Å². The van der Waals surface area contributed by atoms with Crippen LogP contribution in [0, 0.1) is 0 Å². The molecule has 1 aromatic carbocycles. The van der Waals surface area contributed by atoms with Crippen molar-refractivity contribution in [3.05, 3.63) is 29.8 Å². The first-order valence-electron chi connectivity index (χ1n) is 6.46. The average Bonchev–Trinajstić information content (AvgIpc) is 2.39. The average molecular weight is 263 g/mol. The Morgan fingerprint density at radius 3 is 2.53 bits per heavy atom. The molecular weight excluding hydrogens is 242 g/mol. The summed E-state index contributed by atoms with van der Waals surface area (Å²) in [5, 5.41) is 2.68. The molecule has 1 rings (SSSR count). The zero-order chi connectivity index (χ0) is 14.3. The molecule has 2 amide bonds. The van der Waals surface area contributed by atoms with E-state index in [-0.39, 0.29) is 24.8 Å². The lowest BCUT2D eigenvalue weighted by molar-refractivity contribution is -0.135. The molecule has 19 heavy (non-hydrogen) atoms. The Labute approximate surface area is 113 Å². The number of benzene rings is 1. The predicted octanol–water partition coefficient (Wildman–Crippen LogP) is 0.796. The number of anilines is 1. The molecule has 1 aromatic rings. The maximum atomic E-state index is 12.1. The first-order chi connectivity index (χ1) is 9.08. The number of nitrogens with two attached hydrogens (primary N) is 1. The molecule has 0 bridgehead atoms. The van der Waals surface area contributed by atoms with E-state index >= 15 is 0 Å². The molecule has 0 saturated carbocycles. The number of carbonyl (C=O) groups is 2. The van der Waals surface area contributed by atoms with Crippen LogP contribution in [0.25, 0.3) is 0 Å². The Bertz CT molecular complexity index is 446. The molecule has 0 saturated heterocycles. The third-order valence-corrected chi connectivity index (χ3v) is 2.84. The van der Waals surface area contributed by atoms with Gasteiger partial charge in [0.25, 0.3) is 0 Å². The van der Waals surface area contributed by atoms with Gasteiger partial charge in [-0.1, -0.05) is 18.2 Å². The molecule has 0 atom stereocenters. The summed E-state index contributed by atoms with van der Waals surface area (Å²) in [4.78, 5) is 25.2. The summed E-state index contributed by atoms with van der Waals surface area (Å²) in [6.07, 6.45) is 0.222. The summed E-state index contributed by atoms with van der Waals surface area (Å²) < 4.78 is 0. The quantitative estimate of drug-likeness (QED) is 0.745. The van der Waals surface area contributed by atoms with Gasteiger partial charge in [0, 0.05) is 18.8 Å². The van der Waals surface area contributed by atoms with E-state index in [1.54, 1.807) is 6.07 Å². The zero-order valence-corrected chi connectivity index (χ0v) is 11.5. The number of amides is 2. The molecule has 0 aromatic heterocycles. The fourth-order valence-electron chi connectivity index (χ4n) is 1.77. The Kier molecular flexibility index (Phi) is 5.85. The maximum Gasteiger partial charge on any atom is 0.239 e. The molecule has 0 unspecified atom stereocenters. The van der Waals surface area contributed by atoms with Crippen LogP contribution in [0.3, 0.4) is 0 Å². The number of carbonyl (C=O) groups excluding carboxylic acids is 2. The summed E-state index contributed by atoms with van der Waals surface area (Å²) in [5.41, 5.74) is 7.20. The van der Waals surface area contributed by atoms with Crippen molar-refractivity contribution in [2.24, 2.45) is 0 Å². The van der Waals surface area contributed by atoms with Crippen LogP contribution in [-0.4, -0.2) is 36.3 Å². The molecule has 0 fully saturated rings. The standard InChI is InChI=1S/C14H21N3O2/c1-3-16-13(18)10-17(4-2)14(19)9-11-7-5-6-8-12(11)15/h5-8H,3-4,9-10,15H2,1-2H3,(H,16,18). The first kappa shape index (κ1) is 15.0. The SMILES string of the molecule is CCNC(=O)CN(CC)C(=O)Cc1ccccc1N. The van der Waals surface area contributed by atoms with Gasteiger partial charge >= 0.3 is 0 Å². The summed E-state index contributed by atoms with van der Waals surface area (Å²) in [7, 11) is 0. The van der Waals surface area contributed by atoms with Crippen molar-refractivity contribution in [1.82, 2.24) is 10.2 Å². The van der Waals surface area contributed by atoms with Crippen LogP contribution in [0.1, 0.15) is 19.4 Å². The Morgan fingerprint density at radius 2 is 1.95 bits per heavy atom. The van der Waals surface area contributed by atoms with Crippen molar-refractivity contribution in [1.29, 1.82) is 0 Å². The first-order valence-corrected chi connectivity index (χ1v) is 6.46. The number of nitrogen functional groups attached to an aromatic ring is 1. The fraction of sp³-hybridized carbons (Fsp3) is 0.429. The van der Waals surface area contributed by atoms with E-state index in [9.17, 15) is 9.59 Å². The molecule has 3 N–H and O–H groups in total. The minimum Gasteiger partial charge on any atom is -0.398 e. The van der Waals surface area contributed by atoms with Crippen LogP contribution in [0.5, 0.6) is 0 Å². The predicted molar refractivity (Wildman–Crippen MR) is 75.5 cm³/mol. The highest BCUT2D eigenvalue weighted by molar-refractivity contribution is 5.86. The van der Waals surface area contributed by atoms with E-state index in [0.29, 0.717) is 18.8 Å². The van der Waals surface area contributed by atoms with E-state index in [1.165, 1.54) is 4.90 Å². The Balaban J connectivity index is 2.64. The van der Waals surface area contributed by atoms with Crippen LogP contribution in [0.15, 0.2) is 24.3 Å². The van der Waals surface area contributed by atoms with Crippen molar-refractivity contribution < 1.29 is 9.59 Å². The van der Waals surface area contributed by atoms with E-state index in [1.807, 2.05) is 32.0 Å². The largest absolute Gasteiger partial charge is 0.398 e. The summed E-state index contributed by atoms with van der Waals surface area (Å²) in [5.74, 6) is -0.231. The Morgan fingerprint density at radius 1 is 1.26 bits per heavy atom. The molecule has 5 heteroatoms. The smallest absolute Gasteiger partial charge is 0.239 e. The zero-order valence-electron chi connectivity index (χ0n) is 11.5. The normalized spacial score (nSPS) is 10.0. The number of likely N-dealkylation sites (N-methyl/N-ethyl adjacent to an activating group) is 2. The molecule has 0 heterocycles. The lowest BCUT2D eigenvalue weighted by Crippen LogP contribution is -2.41. The van der Waals surface area contributed by atoms with Crippen molar-refractivity contribution in [3.8, 4) is 0 Å². The Hall–Kier alpha value is -2.04. The fourth-order valence-corrected chi connectivity index (χ4v) is 1.77. The highest BCUT2D eigenvalue weighted by atomic mass is 16.2. The number of nitrogens with zero attached hydrogens (tertiary/aromatic N) is 1. The molecule has 5 nitrogen and oxygen atoms in total. The van der Waals surface area contributed by atoms with Gasteiger partial charge in [0.2, 0.25) is 11.8 Å². The third-order valence-electron chi connectivity index (χ3n) is 2.84.